The average Bonchev–Trinajstić information content (AvgIpc) is 2.31. The van der Waals surface area contributed by atoms with Gasteiger partial charge in [0.1, 0.15) is 0 Å². The van der Waals surface area contributed by atoms with Crippen LogP contribution in [0.15, 0.2) is 16.7 Å². The molecule has 17 heavy (non-hydrogen) atoms. The zero-order chi connectivity index (χ0) is 12.8. The summed E-state index contributed by atoms with van der Waals surface area (Å²) in [6.07, 6.45) is 0.990. The summed E-state index contributed by atoms with van der Waals surface area (Å²) >= 11 is 3.13. The number of halogens is 1. The summed E-state index contributed by atoms with van der Waals surface area (Å²) in [7, 11) is 2.97. The molecule has 1 rings (SSSR count). The quantitative estimate of drug-likeness (QED) is 0.490. The van der Waals surface area contributed by atoms with Crippen LogP contribution in [0.3, 0.4) is 0 Å². The third-order valence-electron chi connectivity index (χ3n) is 1.99. The summed E-state index contributed by atoms with van der Waals surface area (Å²) in [5.41, 5.74) is -0.106. The van der Waals surface area contributed by atoms with Crippen LogP contribution in [0.2, 0.25) is 0 Å². The molecule has 0 bridgehead atoms. The van der Waals surface area contributed by atoms with Crippen molar-refractivity contribution in [2.24, 2.45) is 0 Å². The molecular weight excluding hydrogens is 294 g/mol. The minimum Gasteiger partial charge on any atom is -0.359 e. The second-order valence-corrected chi connectivity index (χ2v) is 3.98. The van der Waals surface area contributed by atoms with Crippen molar-refractivity contribution in [1.29, 1.82) is 0 Å². The van der Waals surface area contributed by atoms with Crippen LogP contribution in [-0.4, -0.2) is 37.0 Å². The van der Waals surface area contributed by atoms with E-state index in [1.165, 1.54) is 26.5 Å². The highest BCUT2D eigenvalue weighted by Crippen LogP contribution is 2.25. The lowest BCUT2D eigenvalue weighted by molar-refractivity contribution is -0.384. The summed E-state index contributed by atoms with van der Waals surface area (Å²) in [4.78, 5) is 14.2. The first-order chi connectivity index (χ1) is 8.08. The fraction of sp³-hybridized carbons (Fsp3) is 0.444. The van der Waals surface area contributed by atoms with E-state index in [1.807, 2.05) is 0 Å². The first-order valence-corrected chi connectivity index (χ1v) is 5.47. The fourth-order valence-electron chi connectivity index (χ4n) is 1.15. The molecule has 7 nitrogen and oxygen atoms in total. The van der Waals surface area contributed by atoms with Gasteiger partial charge < -0.3 is 14.8 Å². The summed E-state index contributed by atoms with van der Waals surface area (Å²) in [5, 5.41) is 13.6. The Morgan fingerprint density at radius 3 is 2.76 bits per heavy atom. The zero-order valence-corrected chi connectivity index (χ0v) is 10.9. The lowest BCUT2D eigenvalue weighted by Gasteiger charge is -2.14. The van der Waals surface area contributed by atoms with Crippen LogP contribution in [0, 0.1) is 10.1 Å². The lowest BCUT2D eigenvalue weighted by Crippen LogP contribution is -2.24. The number of hydrogen-bond donors (Lipinski definition) is 1. The summed E-state index contributed by atoms with van der Waals surface area (Å²) in [6, 6.07) is 1.38. The van der Waals surface area contributed by atoms with Gasteiger partial charge in [0.25, 0.3) is 0 Å². The van der Waals surface area contributed by atoms with E-state index in [2.05, 4.69) is 26.2 Å². The Labute approximate surface area is 106 Å². The predicted molar refractivity (Wildman–Crippen MR) is 64.9 cm³/mol. The number of nitrogens with one attached hydrogen (secondary N) is 1. The molecule has 8 heteroatoms. The van der Waals surface area contributed by atoms with Crippen molar-refractivity contribution in [3.63, 3.8) is 0 Å². The summed E-state index contributed by atoms with van der Waals surface area (Å²) in [6.45, 7) is 0.266. The molecule has 1 heterocycles. The van der Waals surface area contributed by atoms with E-state index in [0.717, 1.165) is 0 Å². The van der Waals surface area contributed by atoms with Crippen molar-refractivity contribution >= 4 is 27.4 Å². The Morgan fingerprint density at radius 1 is 1.59 bits per heavy atom. The number of pyridine rings is 1. The topological polar surface area (TPSA) is 86.5 Å². The minimum atomic E-state index is -0.505. The molecule has 0 saturated heterocycles. The Bertz CT molecular complexity index is 398. The first-order valence-electron chi connectivity index (χ1n) is 4.68. The van der Waals surface area contributed by atoms with Gasteiger partial charge in [-0.05, 0) is 15.9 Å². The van der Waals surface area contributed by atoms with Gasteiger partial charge in [0, 0.05) is 31.0 Å². The third kappa shape index (κ3) is 3.91. The van der Waals surface area contributed by atoms with Gasteiger partial charge in [-0.15, -0.1) is 0 Å². The van der Waals surface area contributed by atoms with Crippen molar-refractivity contribution in [1.82, 2.24) is 4.98 Å². The number of nitrogens with zero attached hydrogens (tertiary/aromatic N) is 2. The van der Waals surface area contributed by atoms with Crippen LogP contribution >= 0.6 is 15.9 Å². The fourth-order valence-corrected chi connectivity index (χ4v) is 1.47. The van der Waals surface area contributed by atoms with E-state index >= 15 is 0 Å². The van der Waals surface area contributed by atoms with E-state index in [9.17, 15) is 10.1 Å². The number of ether oxygens (including phenoxy) is 2. The van der Waals surface area contributed by atoms with Gasteiger partial charge in [-0.2, -0.15) is 0 Å². The lowest BCUT2D eigenvalue weighted by atomic mass is 10.4. The predicted octanol–water partition coefficient (Wildman–Crippen LogP) is 1.78. The van der Waals surface area contributed by atoms with Crippen molar-refractivity contribution < 1.29 is 14.4 Å². The molecule has 0 spiro atoms. The normalized spacial score (nSPS) is 10.6. The molecule has 1 N–H and O–H groups in total. The maximum absolute atomic E-state index is 10.8. The third-order valence-corrected chi connectivity index (χ3v) is 2.43. The van der Waals surface area contributed by atoms with Gasteiger partial charge in [0.2, 0.25) is 5.82 Å². The Morgan fingerprint density at radius 2 is 2.24 bits per heavy atom. The molecule has 0 radical (unpaired) electrons. The molecular formula is C9H12BrN3O4. The van der Waals surface area contributed by atoms with Crippen LogP contribution in [0.5, 0.6) is 0 Å². The van der Waals surface area contributed by atoms with Gasteiger partial charge in [0.15, 0.2) is 6.29 Å². The van der Waals surface area contributed by atoms with Crippen LogP contribution in [0.1, 0.15) is 0 Å². The van der Waals surface area contributed by atoms with E-state index in [0.29, 0.717) is 4.47 Å². The summed E-state index contributed by atoms with van der Waals surface area (Å²) in [5.74, 6) is 0.178. The number of hydrogen-bond acceptors (Lipinski definition) is 6. The van der Waals surface area contributed by atoms with Crippen LogP contribution in [0.4, 0.5) is 11.5 Å². The monoisotopic (exact) mass is 305 g/mol. The van der Waals surface area contributed by atoms with Gasteiger partial charge in [-0.1, -0.05) is 0 Å². The molecule has 1 aromatic rings. The molecule has 0 saturated carbocycles. The number of nitro groups is 1. The Balaban J connectivity index is 2.80. The second kappa shape index (κ2) is 6.48. The SMILES string of the molecule is COC(CNc1ncc(Br)cc1[N+](=O)[O-])OC. The second-order valence-electron chi connectivity index (χ2n) is 3.06. The van der Waals surface area contributed by atoms with E-state index in [-0.39, 0.29) is 18.1 Å². The minimum absolute atomic E-state index is 0.106. The number of rotatable bonds is 6. The standard InChI is InChI=1S/C9H12BrN3O4/c1-16-8(17-2)5-12-9-7(13(14)15)3-6(10)4-11-9/h3-4,8H,5H2,1-2H3,(H,11,12). The van der Waals surface area contributed by atoms with Crippen LogP contribution in [0.25, 0.3) is 0 Å². The van der Waals surface area contributed by atoms with Crippen molar-refractivity contribution in [3.05, 3.63) is 26.9 Å². The van der Waals surface area contributed by atoms with Crippen LogP contribution in [-0.2, 0) is 9.47 Å². The van der Waals surface area contributed by atoms with Crippen LogP contribution < -0.4 is 5.32 Å². The molecule has 94 valence electrons. The maximum atomic E-state index is 10.8. The van der Waals surface area contributed by atoms with E-state index in [1.54, 1.807) is 0 Å². The smallest absolute Gasteiger partial charge is 0.312 e. The highest BCUT2D eigenvalue weighted by molar-refractivity contribution is 9.10. The van der Waals surface area contributed by atoms with E-state index < -0.39 is 11.2 Å². The molecule has 0 aliphatic heterocycles. The van der Waals surface area contributed by atoms with Gasteiger partial charge in [-0.3, -0.25) is 10.1 Å². The first kappa shape index (κ1) is 13.8. The molecule has 0 fully saturated rings. The van der Waals surface area contributed by atoms with Crippen molar-refractivity contribution in [2.45, 2.75) is 6.29 Å². The largest absolute Gasteiger partial charge is 0.359 e. The Hall–Kier alpha value is -1.25. The average molecular weight is 306 g/mol. The number of aromatic nitrogens is 1. The maximum Gasteiger partial charge on any atom is 0.312 e. The highest BCUT2D eigenvalue weighted by Gasteiger charge is 2.16. The molecule has 0 aliphatic rings. The van der Waals surface area contributed by atoms with E-state index in [4.69, 9.17) is 9.47 Å². The molecule has 0 amide bonds. The highest BCUT2D eigenvalue weighted by atomic mass is 79.9. The zero-order valence-electron chi connectivity index (χ0n) is 9.34. The number of anilines is 1. The Kier molecular flexibility index (Phi) is 5.26. The molecule has 1 aromatic heterocycles. The van der Waals surface area contributed by atoms with Crippen molar-refractivity contribution in [3.8, 4) is 0 Å². The molecule has 0 aromatic carbocycles. The summed E-state index contributed by atoms with van der Waals surface area (Å²) < 4.78 is 10.5. The van der Waals surface area contributed by atoms with Gasteiger partial charge in [0.05, 0.1) is 11.5 Å². The van der Waals surface area contributed by atoms with Gasteiger partial charge >= 0.3 is 5.69 Å². The van der Waals surface area contributed by atoms with Crippen molar-refractivity contribution in [2.75, 3.05) is 26.1 Å². The number of methoxy groups -OCH3 is 2. The molecule has 0 unspecified atom stereocenters. The molecule has 0 atom stereocenters. The molecule has 0 aliphatic carbocycles. The van der Waals surface area contributed by atoms with Gasteiger partial charge in [-0.25, -0.2) is 4.98 Å².